The van der Waals surface area contributed by atoms with Crippen molar-refractivity contribution in [1.82, 2.24) is 0 Å². The second-order valence-electron chi connectivity index (χ2n) is 4.98. The van der Waals surface area contributed by atoms with E-state index in [4.69, 9.17) is 0 Å². The number of rotatable bonds is 0. The Morgan fingerprint density at radius 2 is 1.37 bits per heavy atom. The van der Waals surface area contributed by atoms with E-state index in [9.17, 15) is 0 Å². The van der Waals surface area contributed by atoms with Gasteiger partial charge in [-0.1, -0.05) is 36.4 Å². The molecule has 0 amide bonds. The molecule has 4 aromatic rings. The lowest BCUT2D eigenvalue weighted by molar-refractivity contribution is -0.617. The van der Waals surface area contributed by atoms with Crippen molar-refractivity contribution in [3.8, 4) is 0 Å². The Kier molecular flexibility index (Phi) is 2.10. The first-order valence-electron chi connectivity index (χ1n) is 6.54. The van der Waals surface area contributed by atoms with Gasteiger partial charge in [-0.25, -0.2) is 0 Å². The zero-order valence-electron chi connectivity index (χ0n) is 10.8. The van der Waals surface area contributed by atoms with Gasteiger partial charge in [0.1, 0.15) is 7.05 Å². The van der Waals surface area contributed by atoms with Crippen LogP contribution in [0.15, 0.2) is 66.7 Å². The Bertz CT molecular complexity index is 922. The molecular formula is C18H14N+. The molecule has 0 saturated heterocycles. The first kappa shape index (κ1) is 10.5. The number of fused-ring (bicyclic) bond motifs is 4. The molecule has 3 aromatic carbocycles. The van der Waals surface area contributed by atoms with Gasteiger partial charge >= 0.3 is 0 Å². The number of hydrogen-bond donors (Lipinski definition) is 0. The molecule has 1 nitrogen and oxygen atoms in total. The van der Waals surface area contributed by atoms with Crippen molar-refractivity contribution >= 4 is 32.6 Å². The molecule has 1 heteroatoms. The van der Waals surface area contributed by atoms with Crippen molar-refractivity contribution in [2.24, 2.45) is 7.05 Å². The number of aromatic nitrogens is 1. The molecule has 0 saturated carbocycles. The smallest absolute Gasteiger partial charge is 0.194 e. The molecule has 90 valence electrons. The number of benzene rings is 3. The molecule has 19 heavy (non-hydrogen) atoms. The summed E-state index contributed by atoms with van der Waals surface area (Å²) >= 11 is 0. The SMILES string of the molecule is C[n+]1c2ccccc2cc2c3ccccc3ccc21. The standard InChI is InChI=1S/C18H14N/c1-19-17-9-5-3-7-14(17)12-16-15-8-4-2-6-13(15)10-11-18(16)19/h2-12H,1H3/q+1. The highest BCUT2D eigenvalue weighted by Crippen LogP contribution is 2.25. The minimum Gasteiger partial charge on any atom is -0.194 e. The van der Waals surface area contributed by atoms with Gasteiger partial charge in [0.05, 0.1) is 5.39 Å². The van der Waals surface area contributed by atoms with E-state index >= 15 is 0 Å². The molecule has 0 N–H and O–H groups in total. The summed E-state index contributed by atoms with van der Waals surface area (Å²) in [7, 11) is 2.14. The number of nitrogens with zero attached hydrogens (tertiary/aromatic N) is 1. The molecule has 0 spiro atoms. The van der Waals surface area contributed by atoms with Crippen LogP contribution in [-0.4, -0.2) is 0 Å². The first-order chi connectivity index (χ1) is 9.34. The van der Waals surface area contributed by atoms with E-state index in [0.29, 0.717) is 0 Å². The molecule has 1 aromatic heterocycles. The number of pyridine rings is 1. The Morgan fingerprint density at radius 3 is 2.26 bits per heavy atom. The van der Waals surface area contributed by atoms with Crippen molar-refractivity contribution in [2.75, 3.05) is 0 Å². The fourth-order valence-electron chi connectivity index (χ4n) is 2.93. The second kappa shape index (κ2) is 3.79. The lowest BCUT2D eigenvalue weighted by atomic mass is 10.0. The van der Waals surface area contributed by atoms with Crippen LogP contribution in [-0.2, 0) is 7.05 Å². The van der Waals surface area contributed by atoms with E-state index < -0.39 is 0 Å². The summed E-state index contributed by atoms with van der Waals surface area (Å²) in [6.07, 6.45) is 0. The third kappa shape index (κ3) is 1.45. The highest BCUT2D eigenvalue weighted by Gasteiger charge is 2.12. The van der Waals surface area contributed by atoms with Crippen molar-refractivity contribution in [3.05, 3.63) is 66.7 Å². The van der Waals surface area contributed by atoms with Crippen LogP contribution in [0.25, 0.3) is 32.6 Å². The largest absolute Gasteiger partial charge is 0.213 e. The molecular weight excluding hydrogens is 230 g/mol. The molecule has 0 atom stereocenters. The monoisotopic (exact) mass is 244 g/mol. The average Bonchev–Trinajstić information content (AvgIpc) is 2.47. The van der Waals surface area contributed by atoms with Crippen LogP contribution in [0.2, 0.25) is 0 Å². The van der Waals surface area contributed by atoms with E-state index in [-0.39, 0.29) is 0 Å². The van der Waals surface area contributed by atoms with Gasteiger partial charge in [-0.3, -0.25) is 0 Å². The Balaban J connectivity index is 2.32. The van der Waals surface area contributed by atoms with E-state index in [0.717, 1.165) is 0 Å². The van der Waals surface area contributed by atoms with Crippen LogP contribution in [0.4, 0.5) is 0 Å². The van der Waals surface area contributed by atoms with E-state index in [2.05, 4.69) is 78.3 Å². The van der Waals surface area contributed by atoms with Gasteiger partial charge in [0.15, 0.2) is 0 Å². The molecule has 0 radical (unpaired) electrons. The second-order valence-corrected chi connectivity index (χ2v) is 4.98. The summed E-state index contributed by atoms with van der Waals surface area (Å²) in [5, 5.41) is 5.22. The fourth-order valence-corrected chi connectivity index (χ4v) is 2.93. The third-order valence-corrected chi connectivity index (χ3v) is 3.91. The van der Waals surface area contributed by atoms with Gasteiger partial charge in [0.2, 0.25) is 11.0 Å². The van der Waals surface area contributed by atoms with Crippen molar-refractivity contribution < 1.29 is 4.57 Å². The van der Waals surface area contributed by atoms with Crippen molar-refractivity contribution in [2.45, 2.75) is 0 Å². The first-order valence-corrected chi connectivity index (χ1v) is 6.54. The predicted octanol–water partition coefficient (Wildman–Crippen LogP) is 3.97. The summed E-state index contributed by atoms with van der Waals surface area (Å²) in [4.78, 5) is 0. The fraction of sp³-hybridized carbons (Fsp3) is 0.0556. The zero-order valence-corrected chi connectivity index (χ0v) is 10.8. The van der Waals surface area contributed by atoms with E-state index in [1.54, 1.807) is 0 Å². The maximum Gasteiger partial charge on any atom is 0.213 e. The van der Waals surface area contributed by atoms with Crippen LogP contribution in [0, 0.1) is 0 Å². The number of aryl methyl sites for hydroxylation is 1. The zero-order chi connectivity index (χ0) is 12.8. The summed E-state index contributed by atoms with van der Waals surface area (Å²) in [5.41, 5.74) is 2.54. The van der Waals surface area contributed by atoms with Crippen LogP contribution in [0.5, 0.6) is 0 Å². The van der Waals surface area contributed by atoms with Gasteiger partial charge in [-0.05, 0) is 29.0 Å². The van der Waals surface area contributed by atoms with Gasteiger partial charge in [0, 0.05) is 17.5 Å². The maximum absolute atomic E-state index is 2.30. The Labute approximate surface area is 111 Å². The number of para-hydroxylation sites is 1. The molecule has 0 aliphatic rings. The summed E-state index contributed by atoms with van der Waals surface area (Å²) in [6.45, 7) is 0. The minimum atomic E-state index is 1.27. The van der Waals surface area contributed by atoms with Gasteiger partial charge in [-0.15, -0.1) is 0 Å². The molecule has 0 aliphatic carbocycles. The summed E-state index contributed by atoms with van der Waals surface area (Å²) < 4.78 is 2.27. The van der Waals surface area contributed by atoms with Crippen LogP contribution >= 0.6 is 0 Å². The molecule has 1 heterocycles. The minimum absolute atomic E-state index is 1.27. The van der Waals surface area contributed by atoms with Crippen LogP contribution in [0.1, 0.15) is 0 Å². The van der Waals surface area contributed by atoms with E-state index in [1.165, 1.54) is 32.6 Å². The topological polar surface area (TPSA) is 3.88 Å². The quantitative estimate of drug-likeness (QED) is 0.250. The third-order valence-electron chi connectivity index (χ3n) is 3.91. The van der Waals surface area contributed by atoms with E-state index in [1.807, 2.05) is 0 Å². The Morgan fingerprint density at radius 1 is 0.632 bits per heavy atom. The van der Waals surface area contributed by atoms with Gasteiger partial charge in [0.25, 0.3) is 0 Å². The summed E-state index contributed by atoms with van der Waals surface area (Å²) in [6, 6.07) is 23.8. The lowest BCUT2D eigenvalue weighted by Crippen LogP contribution is -2.29. The highest BCUT2D eigenvalue weighted by atomic mass is 14.9. The maximum atomic E-state index is 2.30. The molecule has 0 unspecified atom stereocenters. The molecule has 4 rings (SSSR count). The van der Waals surface area contributed by atoms with Crippen LogP contribution in [0.3, 0.4) is 0 Å². The van der Waals surface area contributed by atoms with Gasteiger partial charge in [-0.2, -0.15) is 4.57 Å². The molecule has 0 aliphatic heterocycles. The average molecular weight is 244 g/mol. The summed E-state index contributed by atoms with van der Waals surface area (Å²) in [5.74, 6) is 0. The normalized spacial score (nSPS) is 11.4. The highest BCUT2D eigenvalue weighted by molar-refractivity contribution is 6.07. The van der Waals surface area contributed by atoms with Gasteiger partial charge < -0.3 is 0 Å². The molecule has 0 fully saturated rings. The van der Waals surface area contributed by atoms with Crippen LogP contribution < -0.4 is 4.57 Å². The predicted molar refractivity (Wildman–Crippen MR) is 80.1 cm³/mol. The Hall–Kier alpha value is -2.41. The van der Waals surface area contributed by atoms with Crippen molar-refractivity contribution in [1.29, 1.82) is 0 Å². The lowest BCUT2D eigenvalue weighted by Gasteiger charge is -2.05. The molecule has 0 bridgehead atoms. The number of hydrogen-bond acceptors (Lipinski definition) is 0. The van der Waals surface area contributed by atoms with Crippen molar-refractivity contribution in [3.63, 3.8) is 0 Å².